The minimum atomic E-state index is 0.516. The lowest BCUT2D eigenvalue weighted by Gasteiger charge is -2.11. The number of nitrogens with zero attached hydrogens (tertiary/aromatic N) is 1. The Morgan fingerprint density at radius 2 is 2.56 bits per heavy atom. The van der Waals surface area contributed by atoms with Crippen LogP contribution in [0.3, 0.4) is 0 Å². The summed E-state index contributed by atoms with van der Waals surface area (Å²) in [5, 5.41) is 0. The number of allylic oxidation sites excluding steroid dienone is 1. The van der Waals surface area contributed by atoms with Crippen LogP contribution in [0.2, 0.25) is 0 Å². The Morgan fingerprint density at radius 3 is 3.11 bits per heavy atom. The molecule has 0 aromatic carbocycles. The summed E-state index contributed by atoms with van der Waals surface area (Å²) in [6.45, 7) is 4.49. The first-order valence-corrected chi connectivity index (χ1v) is 3.44. The molecule has 1 aliphatic carbocycles. The van der Waals surface area contributed by atoms with Crippen molar-refractivity contribution in [2.75, 3.05) is 0 Å². The largest absolute Gasteiger partial charge is 0.269 e. The molecule has 1 heterocycles. The normalized spacial score (nSPS) is 46.0. The van der Waals surface area contributed by atoms with E-state index in [9.17, 15) is 0 Å². The minimum Gasteiger partial charge on any atom is -0.269 e. The van der Waals surface area contributed by atoms with Crippen molar-refractivity contribution < 1.29 is 0 Å². The molecule has 1 fully saturated rings. The highest BCUT2D eigenvalue weighted by Gasteiger charge is 2.51. The van der Waals surface area contributed by atoms with Crippen LogP contribution in [0.4, 0.5) is 0 Å². The van der Waals surface area contributed by atoms with E-state index in [1.54, 1.807) is 0 Å². The highest BCUT2D eigenvalue weighted by molar-refractivity contribution is 5.70. The quantitative estimate of drug-likeness (QED) is 0.465. The average Bonchev–Trinajstić information content (AvgIpc) is 2.44. The third kappa shape index (κ3) is 0.521. The van der Waals surface area contributed by atoms with Crippen molar-refractivity contribution in [2.45, 2.75) is 20.3 Å². The van der Waals surface area contributed by atoms with Crippen molar-refractivity contribution in [1.29, 1.82) is 0 Å². The van der Waals surface area contributed by atoms with Crippen LogP contribution in [0.5, 0.6) is 0 Å². The molecule has 0 aromatic rings. The van der Waals surface area contributed by atoms with E-state index in [0.717, 1.165) is 5.92 Å². The average molecular weight is 121 g/mol. The van der Waals surface area contributed by atoms with Gasteiger partial charge in [0.15, 0.2) is 0 Å². The fraction of sp³-hybridized carbons (Fsp3) is 0.625. The zero-order valence-electron chi connectivity index (χ0n) is 5.89. The molecule has 48 valence electrons. The second-order valence-electron chi connectivity index (χ2n) is 3.34. The summed E-state index contributed by atoms with van der Waals surface area (Å²) in [5.41, 5.74) is 1.97. The molecule has 1 saturated carbocycles. The Balaban J connectivity index is 2.38. The molecule has 0 amide bonds. The van der Waals surface area contributed by atoms with E-state index in [1.807, 2.05) is 6.20 Å². The highest BCUT2D eigenvalue weighted by Crippen LogP contribution is 2.57. The Kier molecular flexibility index (Phi) is 0.743. The van der Waals surface area contributed by atoms with Gasteiger partial charge in [-0.2, -0.15) is 0 Å². The molecule has 2 aliphatic rings. The maximum absolute atomic E-state index is 4.14. The molecule has 2 atom stereocenters. The summed E-state index contributed by atoms with van der Waals surface area (Å²) in [6, 6.07) is 0. The Labute approximate surface area is 55.5 Å². The van der Waals surface area contributed by atoms with E-state index in [4.69, 9.17) is 0 Å². The molecule has 2 rings (SSSR count). The van der Waals surface area contributed by atoms with Crippen molar-refractivity contribution >= 4 is 6.21 Å². The van der Waals surface area contributed by atoms with Crippen LogP contribution in [0.1, 0.15) is 20.3 Å². The third-order valence-electron chi connectivity index (χ3n) is 2.74. The molecule has 1 nitrogen and oxygen atoms in total. The number of hydrogen-bond acceptors (Lipinski definition) is 1. The first-order valence-electron chi connectivity index (χ1n) is 3.44. The van der Waals surface area contributed by atoms with Crippen LogP contribution in [-0.4, -0.2) is 6.21 Å². The molecule has 0 radical (unpaired) electrons. The van der Waals surface area contributed by atoms with E-state index < -0.39 is 0 Å². The van der Waals surface area contributed by atoms with Gasteiger partial charge in [-0.25, -0.2) is 0 Å². The zero-order chi connectivity index (χ0) is 6.48. The topological polar surface area (TPSA) is 12.4 Å². The summed E-state index contributed by atoms with van der Waals surface area (Å²) in [4.78, 5) is 4.14. The Bertz CT molecular complexity index is 203. The summed E-state index contributed by atoms with van der Waals surface area (Å²) in [7, 11) is 0. The second-order valence-corrected chi connectivity index (χ2v) is 3.34. The van der Waals surface area contributed by atoms with E-state index in [2.05, 4.69) is 25.1 Å². The summed E-state index contributed by atoms with van der Waals surface area (Å²) < 4.78 is 0. The molecular formula is C8H11N. The molecule has 1 heteroatoms. The van der Waals surface area contributed by atoms with E-state index in [1.165, 1.54) is 12.0 Å². The van der Waals surface area contributed by atoms with Gasteiger partial charge in [0.1, 0.15) is 0 Å². The molecule has 0 spiro atoms. The first-order chi connectivity index (χ1) is 4.23. The van der Waals surface area contributed by atoms with Gasteiger partial charge in [0.25, 0.3) is 0 Å². The molecule has 0 saturated heterocycles. The molecular weight excluding hydrogens is 110 g/mol. The Hall–Kier alpha value is -0.590. The zero-order valence-corrected chi connectivity index (χ0v) is 5.89. The summed E-state index contributed by atoms with van der Waals surface area (Å²) in [6.07, 6.45) is 5.38. The summed E-state index contributed by atoms with van der Waals surface area (Å²) >= 11 is 0. The maximum atomic E-state index is 4.14. The first kappa shape index (κ1) is 5.21. The van der Waals surface area contributed by atoms with Crippen molar-refractivity contribution in [3.05, 3.63) is 11.8 Å². The second kappa shape index (κ2) is 1.28. The van der Waals surface area contributed by atoms with Gasteiger partial charge in [-0.05, 0) is 24.3 Å². The van der Waals surface area contributed by atoms with Crippen LogP contribution in [-0.2, 0) is 0 Å². The van der Waals surface area contributed by atoms with Crippen molar-refractivity contribution in [2.24, 2.45) is 16.3 Å². The number of aliphatic imine (C=N–C) groups is 1. The van der Waals surface area contributed by atoms with Gasteiger partial charge >= 0.3 is 0 Å². The van der Waals surface area contributed by atoms with Gasteiger partial charge in [0, 0.05) is 18.3 Å². The minimum absolute atomic E-state index is 0.516. The lowest BCUT2D eigenvalue weighted by molar-refractivity contribution is 0.652. The van der Waals surface area contributed by atoms with Crippen LogP contribution in [0.25, 0.3) is 0 Å². The Morgan fingerprint density at radius 1 is 1.78 bits per heavy atom. The fourth-order valence-electron chi connectivity index (χ4n) is 1.47. The number of fused-ring (bicyclic) bond motifs is 1. The lowest BCUT2D eigenvalue weighted by Crippen LogP contribution is -2.03. The van der Waals surface area contributed by atoms with Crippen molar-refractivity contribution in [3.63, 3.8) is 0 Å². The predicted molar refractivity (Wildman–Crippen MR) is 38.5 cm³/mol. The monoisotopic (exact) mass is 121 g/mol. The standard InChI is InChI=1S/C8H11N/c1-6-4-9-5-7-3-8(6,7)2/h4-5,7H,3H2,1-2H3. The number of hydrogen-bond donors (Lipinski definition) is 0. The van der Waals surface area contributed by atoms with Gasteiger partial charge in [0.2, 0.25) is 0 Å². The SMILES string of the molecule is CC1=CN=CC2CC12C. The van der Waals surface area contributed by atoms with Gasteiger partial charge in [-0.15, -0.1) is 0 Å². The third-order valence-corrected chi connectivity index (χ3v) is 2.74. The molecule has 2 unspecified atom stereocenters. The van der Waals surface area contributed by atoms with Gasteiger partial charge < -0.3 is 0 Å². The molecule has 1 aliphatic heterocycles. The van der Waals surface area contributed by atoms with Crippen molar-refractivity contribution in [1.82, 2.24) is 0 Å². The van der Waals surface area contributed by atoms with Crippen LogP contribution < -0.4 is 0 Å². The smallest absolute Gasteiger partial charge is 0.0258 e. The van der Waals surface area contributed by atoms with Gasteiger partial charge in [-0.1, -0.05) is 6.92 Å². The lowest BCUT2D eigenvalue weighted by atomic mass is 9.97. The van der Waals surface area contributed by atoms with E-state index in [-0.39, 0.29) is 0 Å². The number of rotatable bonds is 0. The van der Waals surface area contributed by atoms with E-state index >= 15 is 0 Å². The van der Waals surface area contributed by atoms with Crippen LogP contribution >= 0.6 is 0 Å². The van der Waals surface area contributed by atoms with Gasteiger partial charge in [0.05, 0.1) is 0 Å². The molecule has 0 aromatic heterocycles. The van der Waals surface area contributed by atoms with Crippen molar-refractivity contribution in [3.8, 4) is 0 Å². The van der Waals surface area contributed by atoms with Crippen LogP contribution in [0, 0.1) is 11.3 Å². The predicted octanol–water partition coefficient (Wildman–Crippen LogP) is 2.00. The summed E-state index contributed by atoms with van der Waals surface area (Å²) in [5.74, 6) is 0.766. The molecule has 0 bridgehead atoms. The van der Waals surface area contributed by atoms with Gasteiger partial charge in [-0.3, -0.25) is 4.99 Å². The molecule has 0 N–H and O–H groups in total. The maximum Gasteiger partial charge on any atom is 0.0258 e. The van der Waals surface area contributed by atoms with Crippen LogP contribution in [0.15, 0.2) is 16.8 Å². The molecule has 9 heavy (non-hydrogen) atoms. The highest BCUT2D eigenvalue weighted by atomic mass is 14.8. The fourth-order valence-corrected chi connectivity index (χ4v) is 1.47. The van der Waals surface area contributed by atoms with E-state index in [0.29, 0.717) is 5.41 Å².